The topological polar surface area (TPSA) is 44.5 Å². The van der Waals surface area contributed by atoms with Crippen LogP contribution in [0, 0.1) is 0 Å². The van der Waals surface area contributed by atoms with Crippen molar-refractivity contribution in [1.29, 1.82) is 0 Å². The van der Waals surface area contributed by atoms with Crippen LogP contribution in [0.15, 0.2) is 46.9 Å². The van der Waals surface area contributed by atoms with E-state index < -0.39 is 0 Å². The Hall–Kier alpha value is -1.30. The van der Waals surface area contributed by atoms with Crippen LogP contribution in [0.2, 0.25) is 5.02 Å². The Kier molecular flexibility index (Phi) is 5.85. The molecule has 110 valence electrons. The Morgan fingerprint density at radius 3 is 2.48 bits per heavy atom. The smallest absolute Gasteiger partial charge is 0.139 e. The molecule has 2 rings (SSSR count). The summed E-state index contributed by atoms with van der Waals surface area (Å²) >= 11 is 14.4. The zero-order valence-electron chi connectivity index (χ0n) is 11.0. The molecule has 0 spiro atoms. The molecule has 6 heteroatoms. The fourth-order valence-corrected chi connectivity index (χ4v) is 2.37. The average molecular weight is 387 g/mol. The first-order valence-corrected chi connectivity index (χ1v) is 7.75. The van der Waals surface area contributed by atoms with Crippen molar-refractivity contribution in [2.75, 3.05) is 13.2 Å². The number of para-hydroxylation sites is 1. The first kappa shape index (κ1) is 16.1. The van der Waals surface area contributed by atoms with E-state index >= 15 is 0 Å². The van der Waals surface area contributed by atoms with Crippen LogP contribution in [0.25, 0.3) is 0 Å². The Balaban J connectivity index is 1.91. The second-order valence-corrected chi connectivity index (χ2v) is 5.89. The van der Waals surface area contributed by atoms with E-state index in [0.29, 0.717) is 40.3 Å². The maximum absolute atomic E-state index is 6.04. The lowest BCUT2D eigenvalue weighted by atomic mass is 10.2. The molecule has 2 aromatic rings. The van der Waals surface area contributed by atoms with Crippen LogP contribution in [-0.4, -0.2) is 18.2 Å². The third kappa shape index (κ3) is 4.59. The van der Waals surface area contributed by atoms with Crippen LogP contribution in [0.4, 0.5) is 0 Å². The molecule has 0 saturated heterocycles. The highest BCUT2D eigenvalue weighted by Crippen LogP contribution is 2.27. The first-order valence-electron chi connectivity index (χ1n) is 6.17. The Morgan fingerprint density at radius 2 is 1.76 bits per heavy atom. The normalized spacial score (nSPS) is 10.2. The molecule has 0 aromatic heterocycles. The number of hydrogen-bond donors (Lipinski definition) is 1. The number of halogens is 2. The van der Waals surface area contributed by atoms with E-state index in [-0.39, 0.29) is 0 Å². The van der Waals surface area contributed by atoms with Crippen molar-refractivity contribution in [3.63, 3.8) is 0 Å². The van der Waals surface area contributed by atoms with Gasteiger partial charge >= 0.3 is 0 Å². The van der Waals surface area contributed by atoms with Gasteiger partial charge in [-0.3, -0.25) is 0 Å². The van der Waals surface area contributed by atoms with Gasteiger partial charge in [-0.2, -0.15) is 0 Å². The number of benzene rings is 2. The highest BCUT2D eigenvalue weighted by atomic mass is 79.9. The second kappa shape index (κ2) is 7.64. The molecule has 3 nitrogen and oxygen atoms in total. The van der Waals surface area contributed by atoms with Crippen molar-refractivity contribution in [3.8, 4) is 11.5 Å². The second-order valence-electron chi connectivity index (χ2n) is 4.13. The van der Waals surface area contributed by atoms with Crippen molar-refractivity contribution in [2.45, 2.75) is 0 Å². The van der Waals surface area contributed by atoms with Gasteiger partial charge in [0.05, 0.1) is 10.6 Å². The van der Waals surface area contributed by atoms with Gasteiger partial charge in [-0.25, -0.2) is 0 Å². The maximum Gasteiger partial charge on any atom is 0.139 e. The van der Waals surface area contributed by atoms with E-state index in [1.54, 1.807) is 6.07 Å². The molecule has 0 aliphatic carbocycles. The minimum Gasteiger partial charge on any atom is -0.489 e. The summed E-state index contributed by atoms with van der Waals surface area (Å²) in [6.07, 6.45) is 0. The van der Waals surface area contributed by atoms with Crippen molar-refractivity contribution < 1.29 is 9.47 Å². The van der Waals surface area contributed by atoms with E-state index in [9.17, 15) is 0 Å². The summed E-state index contributed by atoms with van der Waals surface area (Å²) in [5, 5.41) is 0.557. The van der Waals surface area contributed by atoms with E-state index in [1.165, 1.54) is 0 Å². The summed E-state index contributed by atoms with van der Waals surface area (Å²) in [6, 6.07) is 12.8. The highest BCUT2D eigenvalue weighted by Gasteiger charge is 2.06. The molecule has 0 radical (unpaired) electrons. The summed E-state index contributed by atoms with van der Waals surface area (Å²) in [5.74, 6) is 1.26. The zero-order chi connectivity index (χ0) is 15.2. The lowest BCUT2D eigenvalue weighted by Crippen LogP contribution is -2.14. The Labute approximate surface area is 142 Å². The van der Waals surface area contributed by atoms with Gasteiger partial charge < -0.3 is 15.2 Å². The number of nitrogens with two attached hydrogens (primary N) is 1. The summed E-state index contributed by atoms with van der Waals surface area (Å²) in [6.45, 7) is 0.726. The van der Waals surface area contributed by atoms with E-state index in [1.807, 2.05) is 36.4 Å². The van der Waals surface area contributed by atoms with Gasteiger partial charge in [-0.1, -0.05) is 51.9 Å². The minimum atomic E-state index is 0.307. The molecular formula is C15H13BrClNO2S. The maximum atomic E-state index is 6.04. The van der Waals surface area contributed by atoms with Gasteiger partial charge in [-0.05, 0) is 30.3 Å². The zero-order valence-corrected chi connectivity index (χ0v) is 14.2. The van der Waals surface area contributed by atoms with Gasteiger partial charge in [0.2, 0.25) is 0 Å². The summed E-state index contributed by atoms with van der Waals surface area (Å²) in [7, 11) is 0. The molecule has 0 bridgehead atoms. The number of ether oxygens (including phenoxy) is 2. The van der Waals surface area contributed by atoms with Gasteiger partial charge in [0.25, 0.3) is 0 Å². The SMILES string of the molecule is NC(=S)c1ccccc1OCCOc1cc(Br)ccc1Cl. The number of thiocarbonyl (C=S) groups is 1. The average Bonchev–Trinajstić information content (AvgIpc) is 2.47. The van der Waals surface area contributed by atoms with Crippen LogP contribution in [0.1, 0.15) is 5.56 Å². The summed E-state index contributed by atoms with van der Waals surface area (Å²) in [5.41, 5.74) is 6.36. The molecule has 0 atom stereocenters. The van der Waals surface area contributed by atoms with Gasteiger partial charge in [0.15, 0.2) is 0 Å². The van der Waals surface area contributed by atoms with Crippen molar-refractivity contribution in [3.05, 3.63) is 57.5 Å². The molecule has 0 unspecified atom stereocenters. The molecule has 0 saturated carbocycles. The standard InChI is InChI=1S/C15H13BrClNO2S/c16-10-5-6-12(17)14(9-10)20-8-7-19-13-4-2-1-3-11(13)15(18)21/h1-6,9H,7-8H2,(H2,18,21). The number of rotatable bonds is 6. The fourth-order valence-electron chi connectivity index (χ4n) is 1.69. The van der Waals surface area contributed by atoms with Crippen molar-refractivity contribution in [1.82, 2.24) is 0 Å². The van der Waals surface area contributed by atoms with Gasteiger partial charge in [-0.15, -0.1) is 0 Å². The summed E-state index contributed by atoms with van der Waals surface area (Å²) in [4.78, 5) is 0.307. The van der Waals surface area contributed by atoms with Crippen molar-refractivity contribution >= 4 is 44.7 Å². The van der Waals surface area contributed by atoms with Crippen LogP contribution in [0.5, 0.6) is 11.5 Å². The quantitative estimate of drug-likeness (QED) is 0.597. The van der Waals surface area contributed by atoms with Gasteiger partial charge in [0.1, 0.15) is 29.7 Å². The van der Waals surface area contributed by atoms with Crippen LogP contribution in [0.3, 0.4) is 0 Å². The Morgan fingerprint density at radius 1 is 1.10 bits per heavy atom. The predicted molar refractivity (Wildman–Crippen MR) is 92.5 cm³/mol. The molecule has 2 aromatic carbocycles. The van der Waals surface area contributed by atoms with E-state index in [4.69, 9.17) is 39.0 Å². The van der Waals surface area contributed by atoms with Gasteiger partial charge in [0, 0.05) is 4.47 Å². The van der Waals surface area contributed by atoms with Crippen molar-refractivity contribution in [2.24, 2.45) is 5.73 Å². The van der Waals surface area contributed by atoms with Crippen LogP contribution < -0.4 is 15.2 Å². The summed E-state index contributed by atoms with van der Waals surface area (Å²) < 4.78 is 12.1. The molecule has 0 aliphatic heterocycles. The lowest BCUT2D eigenvalue weighted by molar-refractivity contribution is 0.217. The molecule has 2 N–H and O–H groups in total. The third-order valence-corrected chi connectivity index (χ3v) is 3.67. The highest BCUT2D eigenvalue weighted by molar-refractivity contribution is 9.10. The van der Waals surface area contributed by atoms with Crippen LogP contribution in [-0.2, 0) is 0 Å². The number of hydrogen-bond acceptors (Lipinski definition) is 3. The van der Waals surface area contributed by atoms with E-state index in [2.05, 4.69) is 15.9 Å². The monoisotopic (exact) mass is 385 g/mol. The Bertz CT molecular complexity index is 651. The predicted octanol–water partition coefficient (Wildman–Crippen LogP) is 4.19. The molecule has 0 amide bonds. The van der Waals surface area contributed by atoms with Crippen LogP contribution >= 0.6 is 39.7 Å². The fraction of sp³-hybridized carbons (Fsp3) is 0.133. The van der Waals surface area contributed by atoms with E-state index in [0.717, 1.165) is 4.47 Å². The minimum absolute atomic E-state index is 0.307. The molecule has 0 heterocycles. The molecule has 0 aliphatic rings. The largest absolute Gasteiger partial charge is 0.489 e. The molecular weight excluding hydrogens is 374 g/mol. The third-order valence-electron chi connectivity index (χ3n) is 2.64. The molecule has 21 heavy (non-hydrogen) atoms. The molecule has 0 fully saturated rings. The first-order chi connectivity index (χ1) is 10.1. The lowest BCUT2D eigenvalue weighted by Gasteiger charge is -2.12.